The van der Waals surface area contributed by atoms with E-state index in [1.165, 1.54) is 7.11 Å². The van der Waals surface area contributed by atoms with Crippen LogP contribution in [0.15, 0.2) is 48.5 Å². The molecular weight excluding hydrogens is 470 g/mol. The Labute approximate surface area is 198 Å². The highest BCUT2D eigenvalue weighted by Gasteiger charge is 2.45. The topological polar surface area (TPSA) is 140 Å². The van der Waals surface area contributed by atoms with Crippen LogP contribution in [0.25, 0.3) is 11.1 Å². The van der Waals surface area contributed by atoms with Crippen molar-refractivity contribution < 1.29 is 27.5 Å². The highest BCUT2D eigenvalue weighted by atomic mass is 35.5. The highest BCUT2D eigenvalue weighted by molar-refractivity contribution is 7.88. The summed E-state index contributed by atoms with van der Waals surface area (Å²) in [6.45, 7) is -0.0247. The maximum Gasteiger partial charge on any atom is 0.306 e. The number of sulfonamides is 1. The monoisotopic (exact) mass is 495 g/mol. The summed E-state index contributed by atoms with van der Waals surface area (Å²) >= 11 is 0. The summed E-state index contributed by atoms with van der Waals surface area (Å²) in [4.78, 5) is 24.1. The number of amides is 1. The number of hydrogen-bond acceptors (Lipinski definition) is 7. The van der Waals surface area contributed by atoms with Gasteiger partial charge in [-0.25, -0.2) is 12.7 Å². The lowest BCUT2D eigenvalue weighted by atomic mass is 10.0. The Kier molecular flexibility index (Phi) is 8.45. The number of halogens is 1. The summed E-state index contributed by atoms with van der Waals surface area (Å²) in [6, 6.07) is 13.8. The number of nitrogen functional groups attached to an aromatic ring is 1. The number of nitrogens with two attached hydrogens (primary N) is 1. The molecule has 1 fully saturated rings. The van der Waals surface area contributed by atoms with Gasteiger partial charge in [0, 0.05) is 5.56 Å². The second-order valence-corrected chi connectivity index (χ2v) is 9.45. The van der Waals surface area contributed by atoms with Gasteiger partial charge in [-0.2, -0.15) is 0 Å². The van der Waals surface area contributed by atoms with Crippen LogP contribution in [-0.2, 0) is 24.3 Å². The van der Waals surface area contributed by atoms with E-state index < -0.39 is 33.9 Å². The first-order chi connectivity index (χ1) is 15.1. The minimum absolute atomic E-state index is 0. The average Bonchev–Trinajstić information content (AvgIpc) is 3.07. The first kappa shape index (κ1) is 26.1. The minimum atomic E-state index is -3.81. The maximum atomic E-state index is 12.6. The average molecular weight is 496 g/mol. The summed E-state index contributed by atoms with van der Waals surface area (Å²) in [6.07, 6.45) is 0.973. The molecule has 9 nitrogen and oxygen atoms in total. The van der Waals surface area contributed by atoms with Gasteiger partial charge >= 0.3 is 5.97 Å². The summed E-state index contributed by atoms with van der Waals surface area (Å²) < 4.78 is 35.5. The molecule has 0 aromatic heterocycles. The van der Waals surface area contributed by atoms with Gasteiger partial charge in [0.1, 0.15) is 18.2 Å². The zero-order valence-corrected chi connectivity index (χ0v) is 19.8. The number of rotatable bonds is 8. The standard InChI is InChI=1S/C22H25N3O6S.ClH/c1-30-20(26)12-17-11-18(25(22(17)27)32(2,28)29)13-31-19-9-7-15(8-10-19)14-3-5-16(6-4-14)21(23)24;/h3-10,17-18H,11-13H2,1-2H3,(H3,23,24);1H/t17-,18-;/m0./s1. The number of amidine groups is 1. The molecule has 3 rings (SSSR count). The number of methoxy groups -OCH3 is 1. The third-order valence-electron chi connectivity index (χ3n) is 5.28. The van der Waals surface area contributed by atoms with Crippen molar-refractivity contribution in [2.75, 3.05) is 20.0 Å². The lowest BCUT2D eigenvalue weighted by Crippen LogP contribution is -2.41. The molecule has 0 aliphatic carbocycles. The van der Waals surface area contributed by atoms with Crippen LogP contribution in [0, 0.1) is 11.3 Å². The zero-order valence-electron chi connectivity index (χ0n) is 18.2. The maximum absolute atomic E-state index is 12.6. The molecule has 0 unspecified atom stereocenters. The fourth-order valence-corrected chi connectivity index (χ4v) is 4.85. The predicted molar refractivity (Wildman–Crippen MR) is 126 cm³/mol. The van der Waals surface area contributed by atoms with E-state index in [1.54, 1.807) is 24.3 Å². The summed E-state index contributed by atoms with van der Waals surface area (Å²) in [5.74, 6) is -1.42. The van der Waals surface area contributed by atoms with E-state index in [9.17, 15) is 18.0 Å². The third kappa shape index (κ3) is 6.23. The smallest absolute Gasteiger partial charge is 0.306 e. The Bertz CT molecular complexity index is 1120. The Morgan fingerprint density at radius 3 is 2.15 bits per heavy atom. The Morgan fingerprint density at radius 2 is 1.67 bits per heavy atom. The molecule has 2 aromatic rings. The number of esters is 1. The van der Waals surface area contributed by atoms with Crippen molar-refractivity contribution in [3.05, 3.63) is 54.1 Å². The third-order valence-corrected chi connectivity index (χ3v) is 6.47. The fraction of sp³-hybridized carbons (Fsp3) is 0.318. The number of carbonyl (C=O) groups is 2. The van der Waals surface area contributed by atoms with Gasteiger partial charge in [0.15, 0.2) is 0 Å². The van der Waals surface area contributed by atoms with E-state index in [2.05, 4.69) is 4.74 Å². The van der Waals surface area contributed by atoms with E-state index in [4.69, 9.17) is 15.9 Å². The molecule has 1 amide bonds. The predicted octanol–water partition coefficient (Wildman–Crippen LogP) is 2.18. The van der Waals surface area contributed by atoms with E-state index in [0.717, 1.165) is 21.7 Å². The SMILES string of the molecule is COC(=O)C[C@@H]1C[C@@H](COc2ccc(-c3ccc(C(=N)N)cc3)cc2)N(S(C)(=O)=O)C1=O.Cl. The van der Waals surface area contributed by atoms with Gasteiger partial charge in [-0.3, -0.25) is 15.0 Å². The van der Waals surface area contributed by atoms with Crippen LogP contribution >= 0.6 is 12.4 Å². The van der Waals surface area contributed by atoms with E-state index in [-0.39, 0.29) is 37.7 Å². The Balaban J connectivity index is 0.00000385. The quantitative estimate of drug-likeness (QED) is 0.325. The molecule has 1 heterocycles. The summed E-state index contributed by atoms with van der Waals surface area (Å²) in [7, 11) is -2.59. The van der Waals surface area contributed by atoms with E-state index in [0.29, 0.717) is 11.3 Å². The number of hydrogen-bond donors (Lipinski definition) is 2. The second-order valence-electron chi connectivity index (χ2n) is 7.59. The first-order valence-corrected chi connectivity index (χ1v) is 11.7. The number of nitrogens with zero attached hydrogens (tertiary/aromatic N) is 1. The molecule has 178 valence electrons. The van der Waals surface area contributed by atoms with Crippen LogP contribution < -0.4 is 10.5 Å². The van der Waals surface area contributed by atoms with Crippen molar-refractivity contribution in [1.82, 2.24) is 4.31 Å². The molecule has 0 bridgehead atoms. The van der Waals surface area contributed by atoms with Gasteiger partial charge in [0.25, 0.3) is 0 Å². The van der Waals surface area contributed by atoms with Crippen LogP contribution in [0.4, 0.5) is 0 Å². The van der Waals surface area contributed by atoms with Crippen LogP contribution in [0.1, 0.15) is 18.4 Å². The lowest BCUT2D eigenvalue weighted by Gasteiger charge is -2.22. The van der Waals surface area contributed by atoms with Crippen molar-refractivity contribution in [1.29, 1.82) is 5.41 Å². The first-order valence-electron chi connectivity index (χ1n) is 9.88. The Hall–Kier alpha value is -3.11. The second kappa shape index (κ2) is 10.7. The van der Waals surface area contributed by atoms with Crippen molar-refractivity contribution in [3.8, 4) is 16.9 Å². The van der Waals surface area contributed by atoms with E-state index >= 15 is 0 Å². The van der Waals surface area contributed by atoms with Crippen LogP contribution in [0.2, 0.25) is 0 Å². The summed E-state index contributed by atoms with van der Waals surface area (Å²) in [5.41, 5.74) is 7.98. The van der Waals surface area contributed by atoms with Gasteiger partial charge in [-0.1, -0.05) is 36.4 Å². The molecule has 33 heavy (non-hydrogen) atoms. The molecule has 0 spiro atoms. The molecular formula is C22H26ClN3O6S. The Morgan fingerprint density at radius 1 is 1.12 bits per heavy atom. The van der Waals surface area contributed by atoms with E-state index in [1.807, 2.05) is 24.3 Å². The van der Waals surface area contributed by atoms with Crippen LogP contribution in [0.5, 0.6) is 5.75 Å². The van der Waals surface area contributed by atoms with Gasteiger partial charge < -0.3 is 15.2 Å². The molecule has 0 radical (unpaired) electrons. The van der Waals surface area contributed by atoms with Crippen molar-refractivity contribution in [2.45, 2.75) is 18.9 Å². The number of ether oxygens (including phenoxy) is 2. The molecule has 2 atom stereocenters. The molecule has 1 aliphatic heterocycles. The van der Waals surface area contributed by atoms with Gasteiger partial charge in [0.2, 0.25) is 15.9 Å². The molecule has 11 heteroatoms. The molecule has 2 aromatic carbocycles. The van der Waals surface area contributed by atoms with Crippen molar-refractivity contribution in [3.63, 3.8) is 0 Å². The van der Waals surface area contributed by atoms with Gasteiger partial charge in [-0.05, 0) is 29.7 Å². The highest BCUT2D eigenvalue weighted by Crippen LogP contribution is 2.31. The minimum Gasteiger partial charge on any atom is -0.491 e. The molecule has 0 saturated carbocycles. The van der Waals surface area contributed by atoms with Crippen molar-refractivity contribution >= 4 is 40.1 Å². The number of carbonyl (C=O) groups excluding carboxylic acids is 2. The number of nitrogens with one attached hydrogen (secondary N) is 1. The molecule has 1 aliphatic rings. The van der Waals surface area contributed by atoms with Gasteiger partial charge in [0.05, 0.1) is 31.7 Å². The van der Waals surface area contributed by atoms with Crippen molar-refractivity contribution in [2.24, 2.45) is 11.7 Å². The zero-order chi connectivity index (χ0) is 23.5. The normalized spacial score (nSPS) is 17.9. The lowest BCUT2D eigenvalue weighted by molar-refractivity contribution is -0.144. The largest absolute Gasteiger partial charge is 0.491 e. The van der Waals surface area contributed by atoms with Gasteiger partial charge in [-0.15, -0.1) is 12.4 Å². The molecule has 1 saturated heterocycles. The van der Waals surface area contributed by atoms with Crippen LogP contribution in [-0.4, -0.2) is 56.4 Å². The van der Waals surface area contributed by atoms with Crippen LogP contribution in [0.3, 0.4) is 0 Å². The summed E-state index contributed by atoms with van der Waals surface area (Å²) in [5, 5.41) is 7.45. The number of benzene rings is 2. The fourth-order valence-electron chi connectivity index (χ4n) is 3.69. The molecule has 3 N–H and O–H groups in total.